The summed E-state index contributed by atoms with van der Waals surface area (Å²) < 4.78 is 0. The maximum atomic E-state index is 11.8. The maximum Gasteiger partial charge on any atom is 0.218 e. The van der Waals surface area contributed by atoms with E-state index in [2.05, 4.69) is 4.90 Å². The number of Topliss-reactive ketones (excluding diaryl/α,β-unsaturated/α-hetero) is 1. The van der Waals surface area contributed by atoms with E-state index in [4.69, 9.17) is 5.73 Å². The summed E-state index contributed by atoms with van der Waals surface area (Å²) in [6.45, 7) is 1.74. The molecule has 1 aliphatic carbocycles. The molecule has 0 spiro atoms. The Labute approximate surface area is 103 Å². The highest BCUT2D eigenvalue weighted by atomic mass is 16.1. The van der Waals surface area contributed by atoms with E-state index in [1.807, 2.05) is 0 Å². The first-order valence-electron chi connectivity index (χ1n) is 6.73. The van der Waals surface area contributed by atoms with Gasteiger partial charge in [-0.15, -0.1) is 0 Å². The minimum atomic E-state index is -0.243. The molecule has 2 atom stereocenters. The smallest absolute Gasteiger partial charge is 0.218 e. The molecule has 17 heavy (non-hydrogen) atoms. The van der Waals surface area contributed by atoms with E-state index in [9.17, 15) is 9.59 Å². The average molecular weight is 238 g/mol. The molecule has 1 saturated heterocycles. The Morgan fingerprint density at radius 3 is 2.76 bits per heavy atom. The molecule has 1 saturated carbocycles. The van der Waals surface area contributed by atoms with E-state index < -0.39 is 0 Å². The third kappa shape index (κ3) is 3.06. The molecule has 2 aliphatic rings. The average Bonchev–Trinajstić information content (AvgIpc) is 2.73. The standard InChI is InChI=1S/C13H22N2O2/c14-13(17)7-9-15-8-2-1-5-11(15)10-4-3-6-12(10)16/h10-11H,1-9H2,(H2,14,17). The minimum Gasteiger partial charge on any atom is -0.370 e. The molecule has 2 unspecified atom stereocenters. The highest BCUT2D eigenvalue weighted by molar-refractivity contribution is 5.83. The van der Waals surface area contributed by atoms with E-state index in [1.54, 1.807) is 0 Å². The largest absolute Gasteiger partial charge is 0.370 e. The van der Waals surface area contributed by atoms with Gasteiger partial charge in [-0.2, -0.15) is 0 Å². The highest BCUT2D eigenvalue weighted by Gasteiger charge is 2.36. The van der Waals surface area contributed by atoms with Gasteiger partial charge in [0.25, 0.3) is 0 Å². The number of amides is 1. The zero-order valence-corrected chi connectivity index (χ0v) is 10.4. The first-order valence-corrected chi connectivity index (χ1v) is 6.73. The van der Waals surface area contributed by atoms with Crippen LogP contribution in [0.25, 0.3) is 0 Å². The normalized spacial score (nSPS) is 30.7. The number of piperidine rings is 1. The van der Waals surface area contributed by atoms with E-state index >= 15 is 0 Å². The van der Waals surface area contributed by atoms with Crippen LogP contribution in [0.4, 0.5) is 0 Å². The van der Waals surface area contributed by atoms with E-state index in [1.165, 1.54) is 12.8 Å². The lowest BCUT2D eigenvalue weighted by Gasteiger charge is -2.38. The minimum absolute atomic E-state index is 0.225. The number of nitrogens with zero attached hydrogens (tertiary/aromatic N) is 1. The molecular weight excluding hydrogens is 216 g/mol. The van der Waals surface area contributed by atoms with Gasteiger partial charge in [0, 0.05) is 31.3 Å². The number of carbonyl (C=O) groups is 2. The predicted molar refractivity (Wildman–Crippen MR) is 65.4 cm³/mol. The summed E-state index contributed by atoms with van der Waals surface area (Å²) in [6.07, 6.45) is 6.75. The van der Waals surface area contributed by atoms with Crippen LogP contribution < -0.4 is 5.73 Å². The Kier molecular flexibility index (Phi) is 4.15. The van der Waals surface area contributed by atoms with Gasteiger partial charge in [-0.3, -0.25) is 14.5 Å². The quantitative estimate of drug-likeness (QED) is 0.797. The first kappa shape index (κ1) is 12.6. The van der Waals surface area contributed by atoms with Gasteiger partial charge in [0.05, 0.1) is 0 Å². The van der Waals surface area contributed by atoms with Gasteiger partial charge >= 0.3 is 0 Å². The summed E-state index contributed by atoms with van der Waals surface area (Å²) in [5.41, 5.74) is 5.20. The Hall–Kier alpha value is -0.900. The molecule has 4 nitrogen and oxygen atoms in total. The fourth-order valence-corrected chi connectivity index (χ4v) is 3.25. The van der Waals surface area contributed by atoms with Gasteiger partial charge in [0.1, 0.15) is 5.78 Å². The summed E-state index contributed by atoms with van der Waals surface area (Å²) in [5, 5.41) is 0. The molecule has 1 amide bonds. The van der Waals surface area contributed by atoms with Crippen molar-refractivity contribution < 1.29 is 9.59 Å². The Bertz CT molecular complexity index is 304. The number of primary amides is 1. The summed E-state index contributed by atoms with van der Waals surface area (Å²) in [5.74, 6) is 0.413. The lowest BCUT2D eigenvalue weighted by molar-refractivity contribution is -0.123. The van der Waals surface area contributed by atoms with Crippen molar-refractivity contribution in [1.29, 1.82) is 0 Å². The lowest BCUT2D eigenvalue weighted by Crippen LogP contribution is -2.46. The van der Waals surface area contributed by atoms with Crippen molar-refractivity contribution in [1.82, 2.24) is 4.90 Å². The van der Waals surface area contributed by atoms with Gasteiger partial charge in [0.15, 0.2) is 0 Å². The van der Waals surface area contributed by atoms with Gasteiger partial charge in [-0.25, -0.2) is 0 Å². The van der Waals surface area contributed by atoms with Crippen LogP contribution in [0.1, 0.15) is 44.9 Å². The molecule has 96 valence electrons. The van der Waals surface area contributed by atoms with Crippen molar-refractivity contribution in [3.63, 3.8) is 0 Å². The molecule has 4 heteroatoms. The fraction of sp³-hybridized carbons (Fsp3) is 0.846. The molecule has 0 bridgehead atoms. The number of hydrogen-bond acceptors (Lipinski definition) is 3. The number of hydrogen-bond donors (Lipinski definition) is 1. The number of ketones is 1. The molecule has 0 aromatic carbocycles. The first-order chi connectivity index (χ1) is 8.18. The monoisotopic (exact) mass is 238 g/mol. The van der Waals surface area contributed by atoms with E-state index in [0.717, 1.165) is 38.8 Å². The number of nitrogens with two attached hydrogens (primary N) is 1. The van der Waals surface area contributed by atoms with Crippen molar-refractivity contribution in [2.75, 3.05) is 13.1 Å². The van der Waals surface area contributed by atoms with Crippen molar-refractivity contribution >= 4 is 11.7 Å². The zero-order chi connectivity index (χ0) is 12.3. The molecule has 0 aromatic rings. The maximum absolute atomic E-state index is 11.8. The summed E-state index contributed by atoms with van der Waals surface area (Å²) in [4.78, 5) is 25.0. The molecule has 0 radical (unpaired) electrons. The van der Waals surface area contributed by atoms with Crippen molar-refractivity contribution in [2.45, 2.75) is 51.0 Å². The SMILES string of the molecule is NC(=O)CCN1CCCCC1C1CCCC1=O. The summed E-state index contributed by atoms with van der Waals surface area (Å²) >= 11 is 0. The van der Waals surface area contributed by atoms with Crippen LogP contribution in [0.2, 0.25) is 0 Å². The molecule has 2 rings (SSSR count). The topological polar surface area (TPSA) is 63.4 Å². The second-order valence-corrected chi connectivity index (χ2v) is 5.28. The van der Waals surface area contributed by atoms with E-state index in [0.29, 0.717) is 18.2 Å². The van der Waals surface area contributed by atoms with Crippen molar-refractivity contribution in [2.24, 2.45) is 11.7 Å². The van der Waals surface area contributed by atoms with Crippen molar-refractivity contribution in [3.05, 3.63) is 0 Å². The fourth-order valence-electron chi connectivity index (χ4n) is 3.25. The van der Waals surface area contributed by atoms with E-state index in [-0.39, 0.29) is 11.8 Å². The second kappa shape index (κ2) is 5.63. The predicted octanol–water partition coefficient (Wildman–Crippen LogP) is 1.09. The van der Waals surface area contributed by atoms with Crippen LogP contribution in [0.5, 0.6) is 0 Å². The van der Waals surface area contributed by atoms with Gasteiger partial charge in [-0.1, -0.05) is 6.42 Å². The van der Waals surface area contributed by atoms with Gasteiger partial charge < -0.3 is 5.73 Å². The summed E-state index contributed by atoms with van der Waals surface area (Å²) in [6, 6.07) is 0.373. The molecule has 1 aliphatic heterocycles. The van der Waals surface area contributed by atoms with Crippen LogP contribution in [-0.4, -0.2) is 35.7 Å². The molecule has 2 fully saturated rings. The van der Waals surface area contributed by atoms with Crippen LogP contribution in [0, 0.1) is 5.92 Å². The van der Waals surface area contributed by atoms with Crippen molar-refractivity contribution in [3.8, 4) is 0 Å². The molecule has 1 heterocycles. The summed E-state index contributed by atoms with van der Waals surface area (Å²) in [7, 11) is 0. The van der Waals surface area contributed by atoms with Gasteiger partial charge in [0.2, 0.25) is 5.91 Å². The van der Waals surface area contributed by atoms with Crippen LogP contribution in [0.15, 0.2) is 0 Å². The van der Waals surface area contributed by atoms with Crippen LogP contribution in [0.3, 0.4) is 0 Å². The lowest BCUT2D eigenvalue weighted by atomic mass is 9.88. The Balaban J connectivity index is 1.96. The Morgan fingerprint density at radius 1 is 1.29 bits per heavy atom. The van der Waals surface area contributed by atoms with Crippen LogP contribution >= 0.6 is 0 Å². The number of likely N-dealkylation sites (tertiary alicyclic amines) is 1. The second-order valence-electron chi connectivity index (χ2n) is 5.28. The van der Waals surface area contributed by atoms with Crippen LogP contribution in [-0.2, 0) is 9.59 Å². The molecular formula is C13H22N2O2. The zero-order valence-electron chi connectivity index (χ0n) is 10.4. The third-order valence-corrected chi connectivity index (χ3v) is 4.13. The number of carbonyl (C=O) groups excluding carboxylic acids is 2. The Morgan fingerprint density at radius 2 is 2.12 bits per heavy atom. The third-order valence-electron chi connectivity index (χ3n) is 4.13. The number of rotatable bonds is 4. The molecule has 0 aromatic heterocycles. The molecule has 2 N–H and O–H groups in total. The highest BCUT2D eigenvalue weighted by Crippen LogP contribution is 2.32. The van der Waals surface area contributed by atoms with Gasteiger partial charge in [-0.05, 0) is 32.2 Å².